The smallest absolute Gasteiger partial charge is 0.337 e. The molecule has 0 radical (unpaired) electrons. The normalized spacial score (nSPS) is 12.5. The Labute approximate surface area is 176 Å². The molecule has 0 aliphatic carbocycles. The first kappa shape index (κ1) is 19.8. The van der Waals surface area contributed by atoms with Gasteiger partial charge in [0.2, 0.25) is 0 Å². The van der Waals surface area contributed by atoms with E-state index in [0.29, 0.717) is 22.7 Å². The minimum atomic E-state index is -1.18. The van der Waals surface area contributed by atoms with Crippen LogP contribution in [0.5, 0.6) is 11.5 Å². The molecule has 1 aliphatic rings. The van der Waals surface area contributed by atoms with Crippen LogP contribution in [-0.2, 0) is 4.74 Å². The van der Waals surface area contributed by atoms with Crippen LogP contribution in [0.25, 0.3) is 0 Å². The summed E-state index contributed by atoms with van der Waals surface area (Å²) < 4.78 is 10.4. The van der Waals surface area contributed by atoms with Crippen molar-refractivity contribution < 1.29 is 33.8 Å². The molecule has 4 rings (SSSR count). The third-order valence-corrected chi connectivity index (χ3v) is 4.74. The van der Waals surface area contributed by atoms with E-state index < -0.39 is 23.8 Å². The van der Waals surface area contributed by atoms with Crippen molar-refractivity contribution >= 4 is 29.4 Å². The number of anilines is 1. The molecule has 1 aliphatic heterocycles. The van der Waals surface area contributed by atoms with Gasteiger partial charge in [0.15, 0.2) is 0 Å². The van der Waals surface area contributed by atoms with Crippen molar-refractivity contribution in [3.05, 3.63) is 89.0 Å². The summed E-state index contributed by atoms with van der Waals surface area (Å²) >= 11 is 0. The Morgan fingerprint density at radius 2 is 1.32 bits per heavy atom. The molecule has 3 aromatic rings. The lowest BCUT2D eigenvalue weighted by molar-refractivity contribution is 0.0599. The molecule has 0 aromatic heterocycles. The van der Waals surface area contributed by atoms with Crippen LogP contribution in [0.3, 0.4) is 0 Å². The Morgan fingerprint density at radius 3 is 1.90 bits per heavy atom. The number of esters is 1. The van der Waals surface area contributed by atoms with Gasteiger partial charge in [0, 0.05) is 0 Å². The van der Waals surface area contributed by atoms with Crippen molar-refractivity contribution in [2.45, 2.75) is 0 Å². The van der Waals surface area contributed by atoms with E-state index in [1.54, 1.807) is 48.5 Å². The second-order valence-electron chi connectivity index (χ2n) is 6.62. The average Bonchev–Trinajstić information content (AvgIpc) is 3.04. The SMILES string of the molecule is COC(=O)c1ccc(Oc2ccc(N3C(=O)c4ccc(C(=O)O)cc4C3=O)cc2)cc1. The van der Waals surface area contributed by atoms with Gasteiger partial charge in [-0.15, -0.1) is 0 Å². The van der Waals surface area contributed by atoms with E-state index >= 15 is 0 Å². The highest BCUT2D eigenvalue weighted by Gasteiger charge is 2.37. The second kappa shape index (κ2) is 7.75. The lowest BCUT2D eigenvalue weighted by atomic mass is 10.1. The Morgan fingerprint density at radius 1 is 0.774 bits per heavy atom. The second-order valence-corrected chi connectivity index (χ2v) is 6.62. The van der Waals surface area contributed by atoms with Crippen LogP contribution < -0.4 is 9.64 Å². The van der Waals surface area contributed by atoms with Gasteiger partial charge in [-0.25, -0.2) is 14.5 Å². The Kier molecular flexibility index (Phi) is 4.96. The maximum absolute atomic E-state index is 12.7. The molecule has 1 N–H and O–H groups in total. The summed E-state index contributed by atoms with van der Waals surface area (Å²) in [7, 11) is 1.30. The molecular formula is C23H15NO7. The fourth-order valence-corrected chi connectivity index (χ4v) is 3.18. The van der Waals surface area contributed by atoms with E-state index in [-0.39, 0.29) is 16.7 Å². The number of carbonyl (C=O) groups is 4. The lowest BCUT2D eigenvalue weighted by Crippen LogP contribution is -2.29. The van der Waals surface area contributed by atoms with Crippen LogP contribution in [0.15, 0.2) is 66.7 Å². The summed E-state index contributed by atoms with van der Waals surface area (Å²) in [6.07, 6.45) is 0. The van der Waals surface area contributed by atoms with Crippen molar-refractivity contribution in [3.63, 3.8) is 0 Å². The number of rotatable bonds is 5. The minimum absolute atomic E-state index is 0.0518. The summed E-state index contributed by atoms with van der Waals surface area (Å²) in [5.41, 5.74) is 0.860. The Bertz CT molecular complexity index is 1210. The summed E-state index contributed by atoms with van der Waals surface area (Å²) in [5, 5.41) is 9.11. The van der Waals surface area contributed by atoms with Crippen LogP contribution in [-0.4, -0.2) is 36.0 Å². The monoisotopic (exact) mass is 417 g/mol. The first-order valence-electron chi connectivity index (χ1n) is 9.11. The molecule has 154 valence electrons. The molecule has 31 heavy (non-hydrogen) atoms. The van der Waals surface area contributed by atoms with Crippen molar-refractivity contribution in [1.82, 2.24) is 0 Å². The first-order chi connectivity index (χ1) is 14.9. The van der Waals surface area contributed by atoms with Gasteiger partial charge in [0.05, 0.1) is 35.1 Å². The van der Waals surface area contributed by atoms with Gasteiger partial charge >= 0.3 is 11.9 Å². The maximum atomic E-state index is 12.7. The molecule has 2 amide bonds. The molecule has 8 heteroatoms. The maximum Gasteiger partial charge on any atom is 0.337 e. The number of nitrogens with zero attached hydrogens (tertiary/aromatic N) is 1. The highest BCUT2D eigenvalue weighted by Crippen LogP contribution is 2.31. The van der Waals surface area contributed by atoms with Gasteiger partial charge in [0.1, 0.15) is 11.5 Å². The van der Waals surface area contributed by atoms with Crippen LogP contribution in [0.2, 0.25) is 0 Å². The summed E-state index contributed by atoms with van der Waals surface area (Å²) in [4.78, 5) is 49.0. The quantitative estimate of drug-likeness (QED) is 0.497. The largest absolute Gasteiger partial charge is 0.478 e. The number of carbonyl (C=O) groups excluding carboxylic acids is 3. The van der Waals surface area contributed by atoms with E-state index in [1.165, 1.54) is 25.3 Å². The zero-order valence-corrected chi connectivity index (χ0v) is 16.2. The fourth-order valence-electron chi connectivity index (χ4n) is 3.18. The Balaban J connectivity index is 1.53. The van der Waals surface area contributed by atoms with Gasteiger partial charge in [0.25, 0.3) is 11.8 Å². The van der Waals surface area contributed by atoms with Gasteiger partial charge in [-0.2, -0.15) is 0 Å². The van der Waals surface area contributed by atoms with Gasteiger partial charge < -0.3 is 14.6 Å². The summed E-state index contributed by atoms with van der Waals surface area (Å²) in [6.45, 7) is 0. The molecule has 0 saturated heterocycles. The minimum Gasteiger partial charge on any atom is -0.478 e. The van der Waals surface area contributed by atoms with E-state index in [2.05, 4.69) is 4.74 Å². The van der Waals surface area contributed by atoms with Gasteiger partial charge in [-0.3, -0.25) is 9.59 Å². The molecule has 0 saturated carbocycles. The molecule has 1 heterocycles. The summed E-state index contributed by atoms with van der Waals surface area (Å²) in [6, 6.07) is 16.5. The predicted molar refractivity (Wildman–Crippen MR) is 109 cm³/mol. The van der Waals surface area contributed by atoms with Gasteiger partial charge in [-0.05, 0) is 66.7 Å². The van der Waals surface area contributed by atoms with Gasteiger partial charge in [-0.1, -0.05) is 0 Å². The predicted octanol–water partition coefficient (Wildman–Crippen LogP) is 3.76. The lowest BCUT2D eigenvalue weighted by Gasteiger charge is -2.14. The number of imide groups is 1. The van der Waals surface area contributed by atoms with Crippen LogP contribution >= 0.6 is 0 Å². The highest BCUT2D eigenvalue weighted by atomic mass is 16.5. The van der Waals surface area contributed by atoms with Crippen molar-refractivity contribution in [1.29, 1.82) is 0 Å². The molecule has 8 nitrogen and oxygen atoms in total. The molecule has 3 aromatic carbocycles. The topological polar surface area (TPSA) is 110 Å². The first-order valence-corrected chi connectivity index (χ1v) is 9.11. The number of amides is 2. The molecule has 0 atom stereocenters. The van der Waals surface area contributed by atoms with E-state index in [1.807, 2.05) is 0 Å². The number of aromatic carboxylic acids is 1. The average molecular weight is 417 g/mol. The van der Waals surface area contributed by atoms with Crippen LogP contribution in [0, 0.1) is 0 Å². The van der Waals surface area contributed by atoms with Crippen LogP contribution in [0.4, 0.5) is 5.69 Å². The van der Waals surface area contributed by atoms with Crippen molar-refractivity contribution in [2.75, 3.05) is 12.0 Å². The molecule has 0 unspecified atom stereocenters. The third kappa shape index (κ3) is 3.62. The van der Waals surface area contributed by atoms with Crippen molar-refractivity contribution in [2.24, 2.45) is 0 Å². The zero-order chi connectivity index (χ0) is 22.1. The fraction of sp³-hybridized carbons (Fsp3) is 0.0435. The number of hydrogen-bond acceptors (Lipinski definition) is 6. The highest BCUT2D eigenvalue weighted by molar-refractivity contribution is 6.34. The number of ether oxygens (including phenoxy) is 2. The molecule has 0 fully saturated rings. The number of carboxylic acids is 1. The Hall–Kier alpha value is -4.46. The number of fused-ring (bicyclic) bond motifs is 1. The van der Waals surface area contributed by atoms with E-state index in [4.69, 9.17) is 9.84 Å². The number of carboxylic acid groups (broad SMARTS) is 1. The van der Waals surface area contributed by atoms with Crippen molar-refractivity contribution in [3.8, 4) is 11.5 Å². The van der Waals surface area contributed by atoms with E-state index in [9.17, 15) is 19.2 Å². The number of methoxy groups -OCH3 is 1. The third-order valence-electron chi connectivity index (χ3n) is 4.74. The van der Waals surface area contributed by atoms with E-state index in [0.717, 1.165) is 4.90 Å². The number of hydrogen-bond donors (Lipinski definition) is 1. The zero-order valence-electron chi connectivity index (χ0n) is 16.2. The standard InChI is InChI=1S/C23H15NO7/c1-30-23(29)13-2-7-16(8-3-13)31-17-9-5-15(6-10-17)24-20(25)18-11-4-14(22(27)28)12-19(18)21(24)26/h2-12H,1H3,(H,27,28). The number of benzene rings is 3. The molecular weight excluding hydrogens is 402 g/mol. The molecule has 0 spiro atoms. The summed E-state index contributed by atoms with van der Waals surface area (Å²) in [5.74, 6) is -1.80. The molecule has 0 bridgehead atoms. The van der Waals surface area contributed by atoms with Crippen LogP contribution in [0.1, 0.15) is 41.4 Å².